The van der Waals surface area contributed by atoms with E-state index in [2.05, 4.69) is 26.4 Å². The quantitative estimate of drug-likeness (QED) is 0.681. The summed E-state index contributed by atoms with van der Waals surface area (Å²) in [5.41, 5.74) is 0. The first-order valence-corrected chi connectivity index (χ1v) is 9.07. The van der Waals surface area contributed by atoms with Crippen LogP contribution in [-0.2, 0) is 9.59 Å². The number of nitrogens with zero attached hydrogens (tertiary/aromatic N) is 2. The van der Waals surface area contributed by atoms with Gasteiger partial charge in [-0.25, -0.2) is 0 Å². The van der Waals surface area contributed by atoms with Crippen LogP contribution in [0.2, 0.25) is 0 Å². The number of hydrogen-bond acceptors (Lipinski definition) is 4. The second kappa shape index (κ2) is 9.65. The van der Waals surface area contributed by atoms with Crippen molar-refractivity contribution in [2.24, 2.45) is 0 Å². The van der Waals surface area contributed by atoms with Gasteiger partial charge in [-0.05, 0) is 32.7 Å². The van der Waals surface area contributed by atoms with Crippen LogP contribution in [0.5, 0.6) is 0 Å². The summed E-state index contributed by atoms with van der Waals surface area (Å²) in [4.78, 5) is 28.6. The molecule has 0 aromatic heterocycles. The van der Waals surface area contributed by atoms with Crippen LogP contribution in [0.1, 0.15) is 39.0 Å². The van der Waals surface area contributed by atoms with Crippen LogP contribution in [0.15, 0.2) is 0 Å². The summed E-state index contributed by atoms with van der Waals surface area (Å²) >= 11 is 0. The van der Waals surface area contributed by atoms with Crippen LogP contribution < -0.4 is 10.6 Å². The zero-order chi connectivity index (χ0) is 17.4. The van der Waals surface area contributed by atoms with E-state index in [1.165, 1.54) is 12.8 Å². The lowest BCUT2D eigenvalue weighted by Crippen LogP contribution is -2.49. The first kappa shape index (κ1) is 18.8. The molecule has 1 atom stereocenters. The minimum Gasteiger partial charge on any atom is -0.352 e. The normalized spacial score (nSPS) is 21.7. The molecule has 0 aromatic carbocycles. The minimum absolute atomic E-state index is 0.0339. The van der Waals surface area contributed by atoms with Crippen molar-refractivity contribution in [1.82, 2.24) is 20.4 Å². The molecule has 0 bridgehead atoms. The maximum atomic E-state index is 12.4. The topological polar surface area (TPSA) is 64.7 Å². The van der Waals surface area contributed by atoms with Gasteiger partial charge in [0, 0.05) is 25.7 Å². The van der Waals surface area contributed by atoms with Gasteiger partial charge in [-0.2, -0.15) is 0 Å². The van der Waals surface area contributed by atoms with Crippen molar-refractivity contribution in [3.05, 3.63) is 0 Å². The third-order valence-electron chi connectivity index (χ3n) is 5.01. The first-order chi connectivity index (χ1) is 11.6. The van der Waals surface area contributed by atoms with E-state index >= 15 is 0 Å². The number of carbonyl (C=O) groups excluding carboxylic acids is 2. The fourth-order valence-corrected chi connectivity index (χ4v) is 3.50. The van der Waals surface area contributed by atoms with Gasteiger partial charge >= 0.3 is 0 Å². The smallest absolute Gasteiger partial charge is 0.237 e. The Morgan fingerprint density at radius 2 is 1.92 bits per heavy atom. The van der Waals surface area contributed by atoms with Gasteiger partial charge in [-0.15, -0.1) is 6.42 Å². The lowest BCUT2D eigenvalue weighted by molar-refractivity contribution is -0.126. The number of rotatable bonds is 6. The summed E-state index contributed by atoms with van der Waals surface area (Å²) in [7, 11) is 0. The van der Waals surface area contributed by atoms with E-state index in [4.69, 9.17) is 6.42 Å². The predicted octanol–water partition coefficient (Wildman–Crippen LogP) is 0.191. The molecule has 1 aliphatic carbocycles. The molecule has 2 N–H and O–H groups in total. The number of nitrogens with one attached hydrogen (secondary N) is 2. The molecule has 0 radical (unpaired) electrons. The van der Waals surface area contributed by atoms with Gasteiger partial charge in [0.2, 0.25) is 11.8 Å². The highest BCUT2D eigenvalue weighted by Crippen LogP contribution is 2.18. The highest BCUT2D eigenvalue weighted by molar-refractivity contribution is 5.81. The van der Waals surface area contributed by atoms with Crippen LogP contribution in [-0.4, -0.2) is 73.0 Å². The number of carbonyl (C=O) groups is 2. The lowest BCUT2D eigenvalue weighted by atomic mass is 10.2. The zero-order valence-electron chi connectivity index (χ0n) is 14.7. The van der Waals surface area contributed by atoms with E-state index in [0.717, 1.165) is 45.4 Å². The van der Waals surface area contributed by atoms with Crippen molar-refractivity contribution in [2.45, 2.75) is 51.1 Å². The highest BCUT2D eigenvalue weighted by atomic mass is 16.2. The van der Waals surface area contributed by atoms with Gasteiger partial charge < -0.3 is 10.6 Å². The largest absolute Gasteiger partial charge is 0.352 e. The van der Waals surface area contributed by atoms with Gasteiger partial charge in [-0.3, -0.25) is 19.4 Å². The van der Waals surface area contributed by atoms with Crippen LogP contribution in [0.4, 0.5) is 0 Å². The minimum atomic E-state index is -0.110. The van der Waals surface area contributed by atoms with Crippen molar-refractivity contribution in [3.8, 4) is 12.3 Å². The van der Waals surface area contributed by atoms with Crippen LogP contribution in [0, 0.1) is 12.3 Å². The zero-order valence-corrected chi connectivity index (χ0v) is 14.7. The highest BCUT2D eigenvalue weighted by Gasteiger charge is 2.26. The molecular formula is C18H30N4O2. The maximum Gasteiger partial charge on any atom is 0.237 e. The molecule has 1 heterocycles. The molecule has 2 aliphatic rings. The molecule has 1 saturated carbocycles. The standard InChI is InChI=1S/C18H30N4O2/c1-3-9-19-17(23)14-21-10-6-11-22(13-12-21)15(2)18(24)20-16-7-4-5-8-16/h1,15-16H,4-14H2,2H3,(H,19,23)(H,20,24)/t15-/m1/s1. The van der Waals surface area contributed by atoms with Crippen LogP contribution in [0.25, 0.3) is 0 Å². The van der Waals surface area contributed by atoms with Gasteiger partial charge in [0.25, 0.3) is 0 Å². The second-order valence-corrected chi connectivity index (χ2v) is 6.81. The number of terminal acetylenes is 1. The monoisotopic (exact) mass is 334 g/mol. The van der Waals surface area contributed by atoms with Gasteiger partial charge in [-0.1, -0.05) is 18.8 Å². The molecule has 1 saturated heterocycles. The SMILES string of the molecule is C#CCNC(=O)CN1CCCN([C@H](C)C(=O)NC2CCCC2)CC1. The van der Waals surface area contributed by atoms with E-state index in [-0.39, 0.29) is 24.4 Å². The van der Waals surface area contributed by atoms with E-state index in [1.54, 1.807) is 0 Å². The molecule has 0 unspecified atom stereocenters. The van der Waals surface area contributed by atoms with Crippen molar-refractivity contribution in [1.29, 1.82) is 0 Å². The second-order valence-electron chi connectivity index (χ2n) is 6.81. The van der Waals surface area contributed by atoms with E-state index in [1.807, 2.05) is 6.92 Å². The molecule has 0 spiro atoms. The summed E-state index contributed by atoms with van der Waals surface area (Å²) in [6, 6.07) is 0.254. The van der Waals surface area contributed by atoms with Crippen molar-refractivity contribution < 1.29 is 9.59 Å². The van der Waals surface area contributed by atoms with Gasteiger partial charge in [0.15, 0.2) is 0 Å². The molecule has 134 valence electrons. The Morgan fingerprint density at radius 1 is 1.17 bits per heavy atom. The van der Waals surface area contributed by atoms with E-state index in [9.17, 15) is 9.59 Å². The Kier molecular flexibility index (Phi) is 7.54. The molecule has 0 aromatic rings. The van der Waals surface area contributed by atoms with Gasteiger partial charge in [0.1, 0.15) is 0 Å². The first-order valence-electron chi connectivity index (χ1n) is 9.07. The molecule has 6 nitrogen and oxygen atoms in total. The van der Waals surface area contributed by atoms with E-state index < -0.39 is 0 Å². The third-order valence-corrected chi connectivity index (χ3v) is 5.01. The third kappa shape index (κ3) is 5.81. The lowest BCUT2D eigenvalue weighted by Gasteiger charge is -2.28. The Balaban J connectivity index is 1.75. The number of amides is 2. The van der Waals surface area contributed by atoms with Crippen molar-refractivity contribution in [2.75, 3.05) is 39.3 Å². The van der Waals surface area contributed by atoms with Crippen LogP contribution in [0.3, 0.4) is 0 Å². The summed E-state index contributed by atoms with van der Waals surface area (Å²) in [6.07, 6.45) is 10.8. The molecule has 2 amide bonds. The Bertz CT molecular complexity index is 468. The molecule has 6 heteroatoms. The Morgan fingerprint density at radius 3 is 2.62 bits per heavy atom. The summed E-state index contributed by atoms with van der Waals surface area (Å²) in [5.74, 6) is 2.52. The molecule has 2 rings (SSSR count). The van der Waals surface area contributed by atoms with Crippen molar-refractivity contribution in [3.63, 3.8) is 0 Å². The van der Waals surface area contributed by atoms with Crippen LogP contribution >= 0.6 is 0 Å². The number of hydrogen-bond donors (Lipinski definition) is 2. The van der Waals surface area contributed by atoms with E-state index in [0.29, 0.717) is 12.6 Å². The molecule has 1 aliphatic heterocycles. The van der Waals surface area contributed by atoms with Crippen molar-refractivity contribution >= 4 is 11.8 Å². The molecule has 2 fully saturated rings. The Hall–Kier alpha value is -1.58. The summed E-state index contributed by atoms with van der Waals surface area (Å²) in [6.45, 7) is 6.00. The molecule has 24 heavy (non-hydrogen) atoms. The van der Waals surface area contributed by atoms with Gasteiger partial charge in [0.05, 0.1) is 19.1 Å². The maximum absolute atomic E-state index is 12.4. The average molecular weight is 334 g/mol. The summed E-state index contributed by atoms with van der Waals surface area (Å²) < 4.78 is 0. The average Bonchev–Trinajstić information content (AvgIpc) is 2.97. The summed E-state index contributed by atoms with van der Waals surface area (Å²) in [5, 5.41) is 5.88. The fourth-order valence-electron chi connectivity index (χ4n) is 3.50. The predicted molar refractivity (Wildman–Crippen MR) is 94.3 cm³/mol. The fraction of sp³-hybridized carbons (Fsp3) is 0.778. The molecular weight excluding hydrogens is 304 g/mol. The Labute approximate surface area is 145 Å².